The van der Waals surface area contributed by atoms with Crippen LogP contribution in [0.25, 0.3) is 11.0 Å². The van der Waals surface area contributed by atoms with Crippen LogP contribution in [-0.2, 0) is 11.3 Å². The molecule has 1 aromatic heterocycles. The number of hydrogen-bond donors (Lipinski definition) is 2. The number of aromatic amines is 1. The standard InChI is InChI=1S/C18H16F2N4O2/c1-24(10-16-22-14-4-2-3-5-15(14)23-16)17(25)9-21-18(26)11-6-12(19)8-13(20)7-11/h2-8H,9-10H2,1H3,(H,21,26)(H,22,23). The van der Waals surface area contributed by atoms with Gasteiger partial charge in [0.25, 0.3) is 5.91 Å². The summed E-state index contributed by atoms with van der Waals surface area (Å²) < 4.78 is 26.3. The number of likely N-dealkylation sites (N-methyl/N-ethyl adjacent to an activating group) is 1. The highest BCUT2D eigenvalue weighted by Gasteiger charge is 2.15. The second-order valence-corrected chi connectivity index (χ2v) is 5.79. The molecule has 2 aromatic carbocycles. The van der Waals surface area contributed by atoms with Crippen molar-refractivity contribution in [3.8, 4) is 0 Å². The lowest BCUT2D eigenvalue weighted by atomic mass is 10.2. The molecule has 1 heterocycles. The molecule has 2 N–H and O–H groups in total. The molecule has 134 valence electrons. The maximum absolute atomic E-state index is 13.1. The number of rotatable bonds is 5. The molecule has 0 aliphatic carbocycles. The molecule has 0 bridgehead atoms. The van der Waals surface area contributed by atoms with Crippen molar-refractivity contribution < 1.29 is 18.4 Å². The number of imidazole rings is 1. The molecule has 0 saturated heterocycles. The van der Waals surface area contributed by atoms with Crippen molar-refractivity contribution in [1.82, 2.24) is 20.2 Å². The zero-order valence-electron chi connectivity index (χ0n) is 13.9. The second kappa shape index (κ2) is 7.30. The predicted molar refractivity (Wildman–Crippen MR) is 91.3 cm³/mol. The van der Waals surface area contributed by atoms with Gasteiger partial charge in [-0.3, -0.25) is 9.59 Å². The fourth-order valence-electron chi connectivity index (χ4n) is 2.47. The number of fused-ring (bicyclic) bond motifs is 1. The van der Waals surface area contributed by atoms with Crippen LogP contribution < -0.4 is 5.32 Å². The third-order valence-electron chi connectivity index (χ3n) is 3.78. The average molecular weight is 358 g/mol. The molecule has 0 atom stereocenters. The van der Waals surface area contributed by atoms with E-state index in [4.69, 9.17) is 0 Å². The van der Waals surface area contributed by atoms with Crippen LogP contribution in [0.15, 0.2) is 42.5 Å². The highest BCUT2D eigenvalue weighted by Crippen LogP contribution is 2.11. The Labute approximate surface area is 147 Å². The molecule has 0 aliphatic heterocycles. The van der Waals surface area contributed by atoms with E-state index in [0.717, 1.165) is 23.2 Å². The summed E-state index contributed by atoms with van der Waals surface area (Å²) in [5.74, 6) is -2.20. The van der Waals surface area contributed by atoms with E-state index in [9.17, 15) is 18.4 Å². The Balaban J connectivity index is 1.57. The van der Waals surface area contributed by atoms with E-state index in [1.807, 2.05) is 24.3 Å². The maximum Gasteiger partial charge on any atom is 0.251 e. The third-order valence-corrected chi connectivity index (χ3v) is 3.78. The summed E-state index contributed by atoms with van der Waals surface area (Å²) in [5.41, 5.74) is 1.48. The number of benzene rings is 2. The van der Waals surface area contributed by atoms with Gasteiger partial charge in [0.2, 0.25) is 5.91 Å². The number of aromatic nitrogens is 2. The van der Waals surface area contributed by atoms with Crippen LogP contribution in [-0.4, -0.2) is 40.3 Å². The zero-order valence-corrected chi connectivity index (χ0v) is 13.9. The first-order valence-electron chi connectivity index (χ1n) is 7.84. The Morgan fingerprint density at radius 2 is 1.85 bits per heavy atom. The van der Waals surface area contributed by atoms with E-state index in [-0.39, 0.29) is 24.6 Å². The van der Waals surface area contributed by atoms with Gasteiger partial charge in [-0.2, -0.15) is 0 Å². The largest absolute Gasteiger partial charge is 0.343 e. The highest BCUT2D eigenvalue weighted by molar-refractivity contribution is 5.96. The van der Waals surface area contributed by atoms with Gasteiger partial charge >= 0.3 is 0 Å². The second-order valence-electron chi connectivity index (χ2n) is 5.79. The molecule has 8 heteroatoms. The fourth-order valence-corrected chi connectivity index (χ4v) is 2.47. The van der Waals surface area contributed by atoms with Crippen molar-refractivity contribution in [3.05, 3.63) is 65.5 Å². The van der Waals surface area contributed by atoms with Gasteiger partial charge in [0.15, 0.2) is 0 Å². The first-order chi connectivity index (χ1) is 12.4. The minimum absolute atomic E-state index is 0.185. The molecule has 26 heavy (non-hydrogen) atoms. The maximum atomic E-state index is 13.1. The first kappa shape index (κ1) is 17.5. The molecule has 6 nitrogen and oxygen atoms in total. The SMILES string of the molecule is CN(Cc1nc2ccccc2[nH]1)C(=O)CNC(=O)c1cc(F)cc(F)c1. The summed E-state index contributed by atoms with van der Waals surface area (Å²) in [4.78, 5) is 33.0. The summed E-state index contributed by atoms with van der Waals surface area (Å²) in [7, 11) is 1.57. The third kappa shape index (κ3) is 4.02. The van der Waals surface area contributed by atoms with Gasteiger partial charge in [0.1, 0.15) is 17.5 Å². The van der Waals surface area contributed by atoms with Crippen LogP contribution in [0.2, 0.25) is 0 Å². The molecule has 2 amide bonds. The fraction of sp³-hybridized carbons (Fsp3) is 0.167. The van der Waals surface area contributed by atoms with Crippen molar-refractivity contribution in [2.24, 2.45) is 0 Å². The molecule has 3 rings (SSSR count). The molecule has 0 fully saturated rings. The van der Waals surface area contributed by atoms with Crippen LogP contribution in [0, 0.1) is 11.6 Å². The summed E-state index contributed by atoms with van der Waals surface area (Å²) in [6.07, 6.45) is 0. The van der Waals surface area contributed by atoms with Gasteiger partial charge in [-0.1, -0.05) is 12.1 Å². The van der Waals surface area contributed by atoms with Crippen molar-refractivity contribution in [1.29, 1.82) is 0 Å². The monoisotopic (exact) mass is 358 g/mol. The van der Waals surface area contributed by atoms with Gasteiger partial charge in [-0.05, 0) is 24.3 Å². The Morgan fingerprint density at radius 3 is 2.54 bits per heavy atom. The normalized spacial score (nSPS) is 10.7. The Kier molecular flexibility index (Phi) is 4.92. The van der Waals surface area contributed by atoms with Gasteiger partial charge < -0.3 is 15.2 Å². The zero-order chi connectivity index (χ0) is 18.7. The van der Waals surface area contributed by atoms with Gasteiger partial charge in [0, 0.05) is 18.7 Å². The number of nitrogens with one attached hydrogen (secondary N) is 2. The number of carbonyl (C=O) groups excluding carboxylic acids is 2. The lowest BCUT2D eigenvalue weighted by Crippen LogP contribution is -2.38. The number of nitrogens with zero attached hydrogens (tertiary/aromatic N) is 2. The molecule has 0 aliphatic rings. The van der Waals surface area contributed by atoms with E-state index >= 15 is 0 Å². The topological polar surface area (TPSA) is 78.1 Å². The van der Waals surface area contributed by atoms with Crippen LogP contribution >= 0.6 is 0 Å². The quantitative estimate of drug-likeness (QED) is 0.734. The average Bonchev–Trinajstić information content (AvgIpc) is 3.00. The van der Waals surface area contributed by atoms with E-state index < -0.39 is 17.5 Å². The van der Waals surface area contributed by atoms with Gasteiger partial charge in [0.05, 0.1) is 24.1 Å². The molecular formula is C18H16F2N4O2. The smallest absolute Gasteiger partial charge is 0.251 e. The van der Waals surface area contributed by atoms with E-state index in [1.165, 1.54) is 4.90 Å². The van der Waals surface area contributed by atoms with E-state index in [2.05, 4.69) is 15.3 Å². The minimum atomic E-state index is -0.858. The minimum Gasteiger partial charge on any atom is -0.343 e. The van der Waals surface area contributed by atoms with Crippen LogP contribution in [0.3, 0.4) is 0 Å². The predicted octanol–water partition coefficient (Wildman–Crippen LogP) is 2.23. The van der Waals surface area contributed by atoms with Crippen molar-refractivity contribution in [2.45, 2.75) is 6.54 Å². The van der Waals surface area contributed by atoms with Crippen LogP contribution in [0.1, 0.15) is 16.2 Å². The number of amides is 2. The summed E-state index contributed by atoms with van der Waals surface area (Å²) in [6.45, 7) is -0.0638. The highest BCUT2D eigenvalue weighted by atomic mass is 19.1. The molecule has 0 spiro atoms. The Hall–Kier alpha value is -3.29. The Morgan fingerprint density at radius 1 is 1.15 bits per heavy atom. The number of para-hydroxylation sites is 2. The van der Waals surface area contributed by atoms with Crippen molar-refractivity contribution >= 4 is 22.8 Å². The molecule has 0 unspecified atom stereocenters. The molecular weight excluding hydrogens is 342 g/mol. The lowest BCUT2D eigenvalue weighted by molar-refractivity contribution is -0.129. The van der Waals surface area contributed by atoms with Gasteiger partial charge in [-0.25, -0.2) is 13.8 Å². The number of halogens is 2. The van der Waals surface area contributed by atoms with Crippen molar-refractivity contribution in [3.63, 3.8) is 0 Å². The summed E-state index contributed by atoms with van der Waals surface area (Å²) >= 11 is 0. The first-order valence-corrected chi connectivity index (χ1v) is 7.84. The number of H-pyrrole nitrogens is 1. The van der Waals surface area contributed by atoms with Crippen LogP contribution in [0.5, 0.6) is 0 Å². The lowest BCUT2D eigenvalue weighted by Gasteiger charge is -2.16. The molecule has 3 aromatic rings. The summed E-state index contributed by atoms with van der Waals surface area (Å²) in [5, 5.41) is 2.35. The van der Waals surface area contributed by atoms with Gasteiger partial charge in [-0.15, -0.1) is 0 Å². The van der Waals surface area contributed by atoms with Crippen LogP contribution in [0.4, 0.5) is 8.78 Å². The van der Waals surface area contributed by atoms with Crippen molar-refractivity contribution in [2.75, 3.05) is 13.6 Å². The molecule has 0 radical (unpaired) electrons. The molecule has 0 saturated carbocycles. The van der Waals surface area contributed by atoms with E-state index in [1.54, 1.807) is 7.05 Å². The number of hydrogen-bond acceptors (Lipinski definition) is 3. The number of carbonyl (C=O) groups is 2. The Bertz CT molecular complexity index is 917. The summed E-state index contributed by atoms with van der Waals surface area (Å²) in [6, 6.07) is 9.96. The van der Waals surface area contributed by atoms with E-state index in [0.29, 0.717) is 11.9 Å².